The van der Waals surface area contributed by atoms with Gasteiger partial charge in [-0.1, -0.05) is 12.1 Å². The Kier molecular flexibility index (Phi) is 3.03. The molecule has 2 nitrogen and oxygen atoms in total. The van der Waals surface area contributed by atoms with Gasteiger partial charge < -0.3 is 10.4 Å². The van der Waals surface area contributed by atoms with Gasteiger partial charge in [0, 0.05) is 13.1 Å². The summed E-state index contributed by atoms with van der Waals surface area (Å²) in [4.78, 5) is 0. The standard InChI is InChI=1S/C18H25NO/c20-17-3-1-13(2-4-17)11-19-12-18-8-14-5-15(9-18)7-16(6-14)10-18/h1-4,14-16,19-20H,5-12H2. The van der Waals surface area contributed by atoms with Crippen LogP contribution in [-0.4, -0.2) is 11.7 Å². The molecular formula is C18H25NO. The van der Waals surface area contributed by atoms with E-state index >= 15 is 0 Å². The lowest BCUT2D eigenvalue weighted by molar-refractivity contribution is -0.0514. The van der Waals surface area contributed by atoms with Crippen LogP contribution >= 0.6 is 0 Å². The molecule has 0 atom stereocenters. The average Bonchev–Trinajstić information content (AvgIpc) is 2.39. The van der Waals surface area contributed by atoms with Gasteiger partial charge in [-0.05, 0) is 79.4 Å². The zero-order valence-electron chi connectivity index (χ0n) is 12.1. The molecule has 5 rings (SSSR count). The van der Waals surface area contributed by atoms with Gasteiger partial charge in [0.05, 0.1) is 0 Å². The second-order valence-electron chi connectivity index (χ2n) is 7.69. The molecule has 0 saturated heterocycles. The zero-order chi connectivity index (χ0) is 13.6. The number of rotatable bonds is 4. The van der Waals surface area contributed by atoms with Gasteiger partial charge in [-0.2, -0.15) is 0 Å². The molecule has 20 heavy (non-hydrogen) atoms. The first kappa shape index (κ1) is 12.7. The Bertz CT molecular complexity index is 443. The molecule has 1 aromatic rings. The maximum Gasteiger partial charge on any atom is 0.115 e. The largest absolute Gasteiger partial charge is 0.508 e. The Hall–Kier alpha value is -1.02. The Balaban J connectivity index is 1.36. The first-order valence-corrected chi connectivity index (χ1v) is 8.19. The summed E-state index contributed by atoms with van der Waals surface area (Å²) in [7, 11) is 0. The number of benzene rings is 1. The van der Waals surface area contributed by atoms with Gasteiger partial charge in [-0.15, -0.1) is 0 Å². The van der Waals surface area contributed by atoms with Gasteiger partial charge in [0.25, 0.3) is 0 Å². The van der Waals surface area contributed by atoms with E-state index in [0.717, 1.165) is 24.3 Å². The summed E-state index contributed by atoms with van der Waals surface area (Å²) < 4.78 is 0. The Morgan fingerprint density at radius 3 is 2.05 bits per heavy atom. The number of phenolic OH excluding ortho intramolecular Hbond substituents is 1. The van der Waals surface area contributed by atoms with E-state index in [1.54, 1.807) is 12.1 Å². The van der Waals surface area contributed by atoms with E-state index < -0.39 is 0 Å². The highest BCUT2D eigenvalue weighted by Gasteiger charge is 2.50. The van der Waals surface area contributed by atoms with Crippen molar-refractivity contribution in [1.29, 1.82) is 0 Å². The van der Waals surface area contributed by atoms with Gasteiger partial charge in [-0.3, -0.25) is 0 Å². The van der Waals surface area contributed by atoms with E-state index in [4.69, 9.17) is 0 Å². The third-order valence-electron chi connectivity index (χ3n) is 5.93. The van der Waals surface area contributed by atoms with E-state index in [-0.39, 0.29) is 0 Å². The molecule has 2 N–H and O–H groups in total. The molecule has 2 heteroatoms. The van der Waals surface area contributed by atoms with Crippen molar-refractivity contribution in [3.05, 3.63) is 29.8 Å². The molecule has 0 aromatic heterocycles. The summed E-state index contributed by atoms with van der Waals surface area (Å²) >= 11 is 0. The number of nitrogens with one attached hydrogen (secondary N) is 1. The van der Waals surface area contributed by atoms with E-state index in [2.05, 4.69) is 5.32 Å². The van der Waals surface area contributed by atoms with Crippen LogP contribution in [0.3, 0.4) is 0 Å². The van der Waals surface area contributed by atoms with Gasteiger partial charge in [0.2, 0.25) is 0 Å². The predicted octanol–water partition coefficient (Wildman–Crippen LogP) is 3.70. The van der Waals surface area contributed by atoms with E-state index in [1.165, 1.54) is 50.6 Å². The zero-order valence-corrected chi connectivity index (χ0v) is 12.1. The Morgan fingerprint density at radius 1 is 0.950 bits per heavy atom. The van der Waals surface area contributed by atoms with Gasteiger partial charge >= 0.3 is 0 Å². The summed E-state index contributed by atoms with van der Waals surface area (Å²) in [5, 5.41) is 13.0. The second-order valence-corrected chi connectivity index (χ2v) is 7.69. The van der Waals surface area contributed by atoms with Crippen molar-refractivity contribution >= 4 is 0 Å². The molecule has 4 fully saturated rings. The minimum absolute atomic E-state index is 0.356. The number of aromatic hydroxyl groups is 1. The normalized spacial score (nSPS) is 38.3. The fraction of sp³-hybridized carbons (Fsp3) is 0.667. The molecule has 0 unspecified atom stereocenters. The van der Waals surface area contributed by atoms with Crippen molar-refractivity contribution in [2.45, 2.75) is 45.1 Å². The molecule has 108 valence electrons. The first-order chi connectivity index (χ1) is 9.71. The molecule has 4 aliphatic rings. The average molecular weight is 271 g/mol. The molecule has 4 saturated carbocycles. The van der Waals surface area contributed by atoms with Gasteiger partial charge in [0.1, 0.15) is 5.75 Å². The number of phenols is 1. The van der Waals surface area contributed by atoms with Crippen molar-refractivity contribution in [3.63, 3.8) is 0 Å². The second kappa shape index (κ2) is 4.77. The molecule has 0 aliphatic heterocycles. The summed E-state index contributed by atoms with van der Waals surface area (Å²) in [6.45, 7) is 2.12. The number of hydrogen-bond acceptors (Lipinski definition) is 2. The highest BCUT2D eigenvalue weighted by atomic mass is 16.3. The van der Waals surface area contributed by atoms with Gasteiger partial charge in [-0.25, -0.2) is 0 Å². The maximum absolute atomic E-state index is 9.32. The van der Waals surface area contributed by atoms with Crippen molar-refractivity contribution in [2.75, 3.05) is 6.54 Å². The molecule has 1 aromatic carbocycles. The van der Waals surface area contributed by atoms with E-state index in [1.807, 2.05) is 12.1 Å². The van der Waals surface area contributed by atoms with Crippen LogP contribution in [0.1, 0.15) is 44.1 Å². The minimum atomic E-state index is 0.356. The highest BCUT2D eigenvalue weighted by Crippen LogP contribution is 2.59. The Morgan fingerprint density at radius 2 is 1.50 bits per heavy atom. The molecule has 0 spiro atoms. The van der Waals surface area contributed by atoms with Gasteiger partial charge in [0.15, 0.2) is 0 Å². The van der Waals surface area contributed by atoms with Crippen LogP contribution in [0.25, 0.3) is 0 Å². The van der Waals surface area contributed by atoms with Crippen molar-refractivity contribution in [1.82, 2.24) is 5.32 Å². The first-order valence-electron chi connectivity index (χ1n) is 8.19. The van der Waals surface area contributed by atoms with Crippen molar-refractivity contribution in [2.24, 2.45) is 23.2 Å². The van der Waals surface area contributed by atoms with Crippen LogP contribution in [0.15, 0.2) is 24.3 Å². The van der Waals surface area contributed by atoms with Crippen LogP contribution in [0.4, 0.5) is 0 Å². The molecule has 0 amide bonds. The summed E-state index contributed by atoms with van der Waals surface area (Å²) in [5.74, 6) is 3.47. The van der Waals surface area contributed by atoms with Crippen LogP contribution in [0.5, 0.6) is 5.75 Å². The molecule has 4 bridgehead atoms. The van der Waals surface area contributed by atoms with Crippen molar-refractivity contribution < 1.29 is 5.11 Å². The quantitative estimate of drug-likeness (QED) is 0.875. The molecular weight excluding hydrogens is 246 g/mol. The molecule has 0 radical (unpaired) electrons. The summed E-state index contributed by atoms with van der Waals surface area (Å²) in [5.41, 5.74) is 1.89. The minimum Gasteiger partial charge on any atom is -0.508 e. The van der Waals surface area contributed by atoms with Crippen LogP contribution in [0.2, 0.25) is 0 Å². The summed E-state index contributed by atoms with van der Waals surface area (Å²) in [6.07, 6.45) is 9.00. The van der Waals surface area contributed by atoms with Crippen LogP contribution in [0, 0.1) is 23.2 Å². The molecule has 4 aliphatic carbocycles. The third kappa shape index (κ3) is 2.35. The lowest BCUT2D eigenvalue weighted by Crippen LogP contribution is -2.50. The lowest BCUT2D eigenvalue weighted by atomic mass is 9.49. The highest BCUT2D eigenvalue weighted by molar-refractivity contribution is 5.25. The topological polar surface area (TPSA) is 32.3 Å². The summed E-state index contributed by atoms with van der Waals surface area (Å²) in [6, 6.07) is 7.59. The van der Waals surface area contributed by atoms with Crippen LogP contribution < -0.4 is 5.32 Å². The SMILES string of the molecule is Oc1ccc(CNCC23CC4CC(CC(C4)C2)C3)cc1. The Labute approximate surface area is 121 Å². The van der Waals surface area contributed by atoms with E-state index in [0.29, 0.717) is 11.2 Å². The smallest absolute Gasteiger partial charge is 0.115 e. The lowest BCUT2D eigenvalue weighted by Gasteiger charge is -2.57. The van der Waals surface area contributed by atoms with Crippen LogP contribution in [-0.2, 0) is 6.54 Å². The third-order valence-corrected chi connectivity index (χ3v) is 5.93. The molecule has 0 heterocycles. The van der Waals surface area contributed by atoms with E-state index in [9.17, 15) is 5.11 Å². The fourth-order valence-electron chi connectivity index (χ4n) is 5.59. The van der Waals surface area contributed by atoms with Crippen molar-refractivity contribution in [3.8, 4) is 5.75 Å². The predicted molar refractivity (Wildman–Crippen MR) is 80.4 cm³/mol. The monoisotopic (exact) mass is 271 g/mol. The number of hydrogen-bond donors (Lipinski definition) is 2. The fourth-order valence-corrected chi connectivity index (χ4v) is 5.59. The maximum atomic E-state index is 9.32.